The topological polar surface area (TPSA) is 87.7 Å². The van der Waals surface area contributed by atoms with Gasteiger partial charge in [-0.2, -0.15) is 0 Å². The summed E-state index contributed by atoms with van der Waals surface area (Å²) in [5, 5.41) is 15.1. The van der Waals surface area contributed by atoms with E-state index in [-0.39, 0.29) is 11.6 Å². The average molecular weight is 453 g/mol. The molecular formula is C25H25ClN2O4. The number of hydrogen-bond acceptors (Lipinski definition) is 3. The Morgan fingerprint density at radius 2 is 1.62 bits per heavy atom. The summed E-state index contributed by atoms with van der Waals surface area (Å²) < 4.78 is 5.74. The van der Waals surface area contributed by atoms with Gasteiger partial charge in [-0.3, -0.25) is 0 Å². The molecule has 0 radical (unpaired) electrons. The Kier molecular flexibility index (Phi) is 8.11. The lowest BCUT2D eigenvalue weighted by atomic mass is 10.0. The van der Waals surface area contributed by atoms with Gasteiger partial charge >= 0.3 is 12.0 Å². The van der Waals surface area contributed by atoms with Crippen LogP contribution in [0, 0.1) is 0 Å². The fourth-order valence-electron chi connectivity index (χ4n) is 3.02. The van der Waals surface area contributed by atoms with Gasteiger partial charge in [-0.15, -0.1) is 0 Å². The Hall–Kier alpha value is -3.51. The van der Waals surface area contributed by atoms with E-state index in [1.807, 2.05) is 24.3 Å². The van der Waals surface area contributed by atoms with Crippen molar-refractivity contribution in [2.45, 2.75) is 26.3 Å². The number of unbranched alkanes of at least 4 members (excludes halogenated alkanes) is 1. The fourth-order valence-corrected chi connectivity index (χ4v) is 3.19. The molecule has 0 aliphatic carbocycles. The van der Waals surface area contributed by atoms with Crippen molar-refractivity contribution in [1.82, 2.24) is 5.32 Å². The van der Waals surface area contributed by atoms with Gasteiger partial charge in [-0.25, -0.2) is 9.59 Å². The molecular weight excluding hydrogens is 428 g/mol. The zero-order valence-corrected chi connectivity index (χ0v) is 18.5. The molecule has 0 aromatic heterocycles. The second kappa shape index (κ2) is 11.2. The molecule has 0 saturated heterocycles. The fraction of sp³-hybridized carbons (Fsp3) is 0.200. The number of nitrogens with one attached hydrogen (secondary N) is 2. The number of carbonyl (C=O) groups is 2. The first-order chi connectivity index (χ1) is 15.5. The number of urea groups is 1. The highest BCUT2D eigenvalue weighted by atomic mass is 35.5. The van der Waals surface area contributed by atoms with Crippen LogP contribution in [-0.2, 0) is 6.54 Å². The van der Waals surface area contributed by atoms with Crippen LogP contribution in [0.15, 0.2) is 66.7 Å². The smallest absolute Gasteiger partial charge is 0.335 e. The van der Waals surface area contributed by atoms with Crippen LogP contribution < -0.4 is 15.4 Å². The first-order valence-corrected chi connectivity index (χ1v) is 10.7. The number of anilines is 1. The maximum atomic E-state index is 12.4. The summed E-state index contributed by atoms with van der Waals surface area (Å²) in [7, 11) is 0. The van der Waals surface area contributed by atoms with Crippen LogP contribution in [-0.4, -0.2) is 23.7 Å². The molecule has 7 heteroatoms. The molecule has 0 aliphatic rings. The highest BCUT2D eigenvalue weighted by Gasteiger charge is 2.09. The Labute approximate surface area is 192 Å². The van der Waals surface area contributed by atoms with E-state index in [0.717, 1.165) is 29.5 Å². The minimum absolute atomic E-state index is 0.249. The van der Waals surface area contributed by atoms with Crippen molar-refractivity contribution in [1.29, 1.82) is 0 Å². The molecule has 0 saturated carbocycles. The summed E-state index contributed by atoms with van der Waals surface area (Å²) in [4.78, 5) is 23.4. The lowest BCUT2D eigenvalue weighted by molar-refractivity contribution is 0.0697. The number of carboxylic acids is 1. The van der Waals surface area contributed by atoms with Crippen molar-refractivity contribution >= 4 is 29.3 Å². The molecule has 166 valence electrons. The third-order valence-electron chi connectivity index (χ3n) is 4.82. The van der Waals surface area contributed by atoms with Gasteiger partial charge in [0.1, 0.15) is 5.75 Å². The molecule has 0 spiro atoms. The number of hydrogen-bond donors (Lipinski definition) is 3. The van der Waals surface area contributed by atoms with E-state index in [2.05, 4.69) is 17.6 Å². The summed E-state index contributed by atoms with van der Waals surface area (Å²) >= 11 is 6.07. The van der Waals surface area contributed by atoms with Gasteiger partial charge < -0.3 is 20.5 Å². The Morgan fingerprint density at radius 3 is 2.25 bits per heavy atom. The third kappa shape index (κ3) is 6.49. The van der Waals surface area contributed by atoms with E-state index >= 15 is 0 Å². The Bertz CT molecular complexity index is 1070. The predicted molar refractivity (Wildman–Crippen MR) is 127 cm³/mol. The zero-order valence-electron chi connectivity index (χ0n) is 17.7. The molecule has 0 atom stereocenters. The van der Waals surface area contributed by atoms with Gasteiger partial charge in [0.2, 0.25) is 0 Å². The number of aromatic carboxylic acids is 1. The zero-order chi connectivity index (χ0) is 22.9. The minimum atomic E-state index is -0.950. The normalized spacial score (nSPS) is 10.4. The van der Waals surface area contributed by atoms with E-state index in [4.69, 9.17) is 21.4 Å². The molecule has 0 unspecified atom stereocenters. The van der Waals surface area contributed by atoms with Gasteiger partial charge in [-0.05, 0) is 53.4 Å². The van der Waals surface area contributed by atoms with Gasteiger partial charge in [0.15, 0.2) is 0 Å². The van der Waals surface area contributed by atoms with Gasteiger partial charge in [0.25, 0.3) is 0 Å². The van der Waals surface area contributed by atoms with E-state index in [1.54, 1.807) is 42.5 Å². The van der Waals surface area contributed by atoms with Crippen LogP contribution in [0.1, 0.15) is 35.7 Å². The van der Waals surface area contributed by atoms with Crippen LogP contribution in [0.4, 0.5) is 10.5 Å². The Balaban J connectivity index is 1.57. The minimum Gasteiger partial charge on any atom is -0.491 e. The summed E-state index contributed by atoms with van der Waals surface area (Å²) in [5.74, 6) is -0.370. The van der Waals surface area contributed by atoms with Crippen LogP contribution >= 0.6 is 11.6 Å². The quantitative estimate of drug-likeness (QED) is 0.337. The second-order valence-corrected chi connectivity index (χ2v) is 7.67. The number of ether oxygens (including phenoxy) is 1. The summed E-state index contributed by atoms with van der Waals surface area (Å²) in [5.41, 5.74) is 3.58. The molecule has 6 nitrogen and oxygen atoms in total. The summed E-state index contributed by atoms with van der Waals surface area (Å²) in [6, 6.07) is 19.2. The SMILES string of the molecule is CCCCOc1ccc(Cl)cc1NC(=O)NCc1ccc(-c2ccc(C(=O)O)cc2)cc1. The first-order valence-electron chi connectivity index (χ1n) is 10.4. The average Bonchev–Trinajstić information content (AvgIpc) is 2.80. The number of benzene rings is 3. The maximum Gasteiger partial charge on any atom is 0.335 e. The van der Waals surface area contributed by atoms with Crippen molar-refractivity contribution < 1.29 is 19.4 Å². The maximum absolute atomic E-state index is 12.4. The monoisotopic (exact) mass is 452 g/mol. The van der Waals surface area contributed by atoms with Gasteiger partial charge in [0, 0.05) is 11.6 Å². The molecule has 0 heterocycles. The largest absolute Gasteiger partial charge is 0.491 e. The third-order valence-corrected chi connectivity index (χ3v) is 5.05. The molecule has 0 bridgehead atoms. The highest BCUT2D eigenvalue weighted by molar-refractivity contribution is 6.31. The molecule has 3 rings (SSSR count). The predicted octanol–water partition coefficient (Wildman–Crippen LogP) is 6.21. The van der Waals surface area contributed by atoms with Crippen molar-refractivity contribution in [3.63, 3.8) is 0 Å². The lowest BCUT2D eigenvalue weighted by Crippen LogP contribution is -2.28. The second-order valence-electron chi connectivity index (χ2n) is 7.23. The number of carboxylic acid groups (broad SMARTS) is 1. The van der Waals surface area contributed by atoms with Crippen LogP contribution in [0.5, 0.6) is 5.75 Å². The number of halogens is 1. The van der Waals surface area contributed by atoms with Crippen LogP contribution in [0.3, 0.4) is 0 Å². The van der Waals surface area contributed by atoms with Crippen molar-refractivity contribution in [2.75, 3.05) is 11.9 Å². The molecule has 3 aromatic rings. The molecule has 32 heavy (non-hydrogen) atoms. The number of carbonyl (C=O) groups excluding carboxylic acids is 1. The van der Waals surface area contributed by atoms with Gasteiger partial charge in [-0.1, -0.05) is 61.3 Å². The first kappa shape index (κ1) is 23.2. The molecule has 2 amide bonds. The van der Waals surface area contributed by atoms with Gasteiger partial charge in [0.05, 0.1) is 17.9 Å². The number of amides is 2. The molecule has 0 fully saturated rings. The number of rotatable bonds is 9. The Morgan fingerprint density at radius 1 is 0.969 bits per heavy atom. The van der Waals surface area contributed by atoms with Crippen molar-refractivity contribution in [3.05, 3.63) is 82.9 Å². The van der Waals surface area contributed by atoms with E-state index in [1.165, 1.54) is 0 Å². The highest BCUT2D eigenvalue weighted by Crippen LogP contribution is 2.28. The standard InChI is InChI=1S/C25H25ClN2O4/c1-2-3-14-32-23-13-12-21(26)15-22(23)28-25(31)27-16-17-4-6-18(7-5-17)19-8-10-20(11-9-19)24(29)30/h4-13,15H,2-3,14,16H2,1H3,(H,29,30)(H2,27,28,31). The van der Waals surface area contributed by atoms with Crippen molar-refractivity contribution in [2.24, 2.45) is 0 Å². The van der Waals surface area contributed by atoms with E-state index in [9.17, 15) is 9.59 Å². The van der Waals surface area contributed by atoms with Crippen LogP contribution in [0.2, 0.25) is 5.02 Å². The van der Waals surface area contributed by atoms with E-state index < -0.39 is 5.97 Å². The molecule has 3 N–H and O–H groups in total. The molecule has 3 aromatic carbocycles. The summed E-state index contributed by atoms with van der Waals surface area (Å²) in [6.45, 7) is 3.00. The van der Waals surface area contributed by atoms with E-state index in [0.29, 0.717) is 29.6 Å². The van der Waals surface area contributed by atoms with Crippen molar-refractivity contribution in [3.8, 4) is 16.9 Å². The molecule has 0 aliphatic heterocycles. The lowest BCUT2D eigenvalue weighted by Gasteiger charge is -2.13. The van der Waals surface area contributed by atoms with Crippen LogP contribution in [0.25, 0.3) is 11.1 Å². The summed E-state index contributed by atoms with van der Waals surface area (Å²) in [6.07, 6.45) is 1.94.